The second-order valence-electron chi connectivity index (χ2n) is 4.22. The highest BCUT2D eigenvalue weighted by molar-refractivity contribution is 5.78. The molecular formula is C10H18N2O3. The molecule has 1 atom stereocenters. The normalized spacial score (nSPS) is 27.7. The van der Waals surface area contributed by atoms with Crippen LogP contribution in [0.15, 0.2) is 0 Å². The number of nitrogens with one attached hydrogen (secondary N) is 1. The molecule has 15 heavy (non-hydrogen) atoms. The minimum atomic E-state index is -0.0243. The van der Waals surface area contributed by atoms with Gasteiger partial charge in [0.1, 0.15) is 0 Å². The van der Waals surface area contributed by atoms with Gasteiger partial charge in [0, 0.05) is 12.6 Å². The molecule has 2 N–H and O–H groups in total. The van der Waals surface area contributed by atoms with Crippen molar-refractivity contribution in [1.29, 1.82) is 0 Å². The Morgan fingerprint density at radius 2 is 2.33 bits per heavy atom. The molecule has 0 aromatic heterocycles. The van der Waals surface area contributed by atoms with Gasteiger partial charge in [-0.1, -0.05) is 0 Å². The van der Waals surface area contributed by atoms with E-state index in [1.54, 1.807) is 0 Å². The maximum absolute atomic E-state index is 11.5. The van der Waals surface area contributed by atoms with Crippen LogP contribution in [0.3, 0.4) is 0 Å². The maximum Gasteiger partial charge on any atom is 0.234 e. The van der Waals surface area contributed by atoms with Crippen LogP contribution in [0.5, 0.6) is 0 Å². The molecule has 2 fully saturated rings. The van der Waals surface area contributed by atoms with Crippen LogP contribution in [-0.4, -0.2) is 60.9 Å². The molecule has 2 rings (SSSR count). The summed E-state index contributed by atoms with van der Waals surface area (Å²) in [5, 5.41) is 12.1. The second-order valence-corrected chi connectivity index (χ2v) is 4.22. The number of hydrogen-bond acceptors (Lipinski definition) is 4. The van der Waals surface area contributed by atoms with Gasteiger partial charge in [0.05, 0.1) is 32.4 Å². The lowest BCUT2D eigenvalue weighted by atomic mass is 10.2. The topological polar surface area (TPSA) is 61.8 Å². The van der Waals surface area contributed by atoms with Gasteiger partial charge in [0.15, 0.2) is 0 Å². The van der Waals surface area contributed by atoms with Crippen molar-refractivity contribution in [2.45, 2.75) is 24.9 Å². The van der Waals surface area contributed by atoms with Crippen molar-refractivity contribution in [3.8, 4) is 0 Å². The van der Waals surface area contributed by atoms with Crippen LogP contribution >= 0.6 is 0 Å². The summed E-state index contributed by atoms with van der Waals surface area (Å²) >= 11 is 0. The first-order chi connectivity index (χ1) is 7.29. The number of carbonyl (C=O) groups is 1. The first-order valence-corrected chi connectivity index (χ1v) is 5.51. The van der Waals surface area contributed by atoms with E-state index in [-0.39, 0.29) is 18.6 Å². The number of aliphatic hydroxyl groups is 1. The molecule has 5 heteroatoms. The number of hydrogen-bond donors (Lipinski definition) is 2. The first kappa shape index (κ1) is 10.9. The molecule has 1 saturated heterocycles. The zero-order valence-corrected chi connectivity index (χ0v) is 8.82. The van der Waals surface area contributed by atoms with Crippen LogP contribution < -0.4 is 5.32 Å². The third-order valence-electron chi connectivity index (χ3n) is 2.85. The Hall–Kier alpha value is -0.650. The zero-order valence-electron chi connectivity index (χ0n) is 8.82. The van der Waals surface area contributed by atoms with Gasteiger partial charge in [-0.25, -0.2) is 0 Å². The largest absolute Gasteiger partial charge is 0.395 e. The van der Waals surface area contributed by atoms with Gasteiger partial charge in [-0.05, 0) is 12.8 Å². The van der Waals surface area contributed by atoms with Crippen molar-refractivity contribution in [2.24, 2.45) is 0 Å². The summed E-state index contributed by atoms with van der Waals surface area (Å²) in [5.41, 5.74) is 0. The standard InChI is InChI=1S/C10H18N2O3/c13-6-9-7-15-4-3-12(9)5-10(14)11-8-1-2-8/h8-9,13H,1-7H2,(H,11,14). The number of morpholine rings is 1. The zero-order chi connectivity index (χ0) is 10.7. The molecule has 5 nitrogen and oxygen atoms in total. The Labute approximate surface area is 89.4 Å². The SMILES string of the molecule is O=C(CN1CCOCC1CO)NC1CC1. The first-order valence-electron chi connectivity index (χ1n) is 5.51. The molecule has 0 bridgehead atoms. The minimum absolute atomic E-state index is 0.0243. The maximum atomic E-state index is 11.5. The van der Waals surface area contributed by atoms with Gasteiger partial charge in [-0.2, -0.15) is 0 Å². The summed E-state index contributed by atoms with van der Waals surface area (Å²) in [4.78, 5) is 13.5. The molecule has 0 aromatic carbocycles. The third kappa shape index (κ3) is 3.15. The van der Waals surface area contributed by atoms with Gasteiger partial charge in [-0.15, -0.1) is 0 Å². The summed E-state index contributed by atoms with van der Waals surface area (Å²) in [7, 11) is 0. The molecule has 1 aliphatic heterocycles. The van der Waals surface area contributed by atoms with E-state index in [0.29, 0.717) is 25.8 Å². The molecule has 86 valence electrons. The van der Waals surface area contributed by atoms with Gasteiger partial charge in [-0.3, -0.25) is 9.69 Å². The quantitative estimate of drug-likeness (QED) is 0.627. The van der Waals surface area contributed by atoms with Crippen molar-refractivity contribution < 1.29 is 14.6 Å². The Morgan fingerprint density at radius 3 is 3.00 bits per heavy atom. The lowest BCUT2D eigenvalue weighted by molar-refractivity contribution is -0.125. The molecule has 0 spiro atoms. The number of aliphatic hydroxyl groups excluding tert-OH is 1. The summed E-state index contributed by atoms with van der Waals surface area (Å²) in [6.45, 7) is 2.32. The van der Waals surface area contributed by atoms with Gasteiger partial charge < -0.3 is 15.2 Å². The van der Waals surface area contributed by atoms with Crippen molar-refractivity contribution in [1.82, 2.24) is 10.2 Å². The van der Waals surface area contributed by atoms with E-state index in [4.69, 9.17) is 9.84 Å². The van der Waals surface area contributed by atoms with E-state index in [9.17, 15) is 4.79 Å². The highest BCUT2D eigenvalue weighted by Gasteiger charge is 2.27. The molecular weight excluding hydrogens is 196 g/mol. The molecule has 1 heterocycles. The van der Waals surface area contributed by atoms with Crippen LogP contribution in [0.4, 0.5) is 0 Å². The third-order valence-corrected chi connectivity index (χ3v) is 2.85. The van der Waals surface area contributed by atoms with Crippen LogP contribution in [0, 0.1) is 0 Å². The minimum Gasteiger partial charge on any atom is -0.395 e. The predicted molar refractivity (Wildman–Crippen MR) is 54.4 cm³/mol. The van der Waals surface area contributed by atoms with E-state index in [1.165, 1.54) is 0 Å². The smallest absolute Gasteiger partial charge is 0.234 e. The van der Waals surface area contributed by atoms with Gasteiger partial charge >= 0.3 is 0 Å². The molecule has 1 aliphatic carbocycles. The highest BCUT2D eigenvalue weighted by atomic mass is 16.5. The number of ether oxygens (including phenoxy) is 1. The van der Waals surface area contributed by atoms with Gasteiger partial charge in [0.25, 0.3) is 0 Å². The van der Waals surface area contributed by atoms with Crippen LogP contribution in [0.2, 0.25) is 0 Å². The second kappa shape index (κ2) is 4.92. The van der Waals surface area contributed by atoms with E-state index in [2.05, 4.69) is 5.32 Å². The fourth-order valence-electron chi connectivity index (χ4n) is 1.75. The Bertz CT molecular complexity index is 231. The van der Waals surface area contributed by atoms with Crippen molar-refractivity contribution in [2.75, 3.05) is 32.9 Å². The van der Waals surface area contributed by atoms with Crippen molar-refractivity contribution in [3.63, 3.8) is 0 Å². The van der Waals surface area contributed by atoms with Crippen LogP contribution in [0.25, 0.3) is 0 Å². The predicted octanol–water partition coefficient (Wildman–Crippen LogP) is -1.04. The van der Waals surface area contributed by atoms with Crippen LogP contribution in [-0.2, 0) is 9.53 Å². The molecule has 2 aliphatic rings. The summed E-state index contributed by atoms with van der Waals surface area (Å²) in [6, 6.07) is 0.384. The van der Waals surface area contributed by atoms with E-state index >= 15 is 0 Å². The highest BCUT2D eigenvalue weighted by Crippen LogP contribution is 2.18. The molecule has 0 radical (unpaired) electrons. The van der Waals surface area contributed by atoms with Gasteiger partial charge in [0.2, 0.25) is 5.91 Å². The fourth-order valence-corrected chi connectivity index (χ4v) is 1.75. The van der Waals surface area contributed by atoms with Crippen LogP contribution in [0.1, 0.15) is 12.8 Å². The monoisotopic (exact) mass is 214 g/mol. The van der Waals surface area contributed by atoms with E-state index in [0.717, 1.165) is 19.4 Å². The number of nitrogens with zero attached hydrogens (tertiary/aromatic N) is 1. The van der Waals surface area contributed by atoms with Crippen molar-refractivity contribution in [3.05, 3.63) is 0 Å². The molecule has 1 amide bonds. The molecule has 1 unspecified atom stereocenters. The summed E-state index contributed by atoms with van der Waals surface area (Å²) in [6.07, 6.45) is 2.22. The lowest BCUT2D eigenvalue weighted by Crippen LogP contribution is -2.51. The summed E-state index contributed by atoms with van der Waals surface area (Å²) < 4.78 is 5.24. The number of rotatable bonds is 4. The summed E-state index contributed by atoms with van der Waals surface area (Å²) in [5.74, 6) is 0.0675. The van der Waals surface area contributed by atoms with Crippen molar-refractivity contribution >= 4 is 5.91 Å². The Balaban J connectivity index is 1.76. The van der Waals surface area contributed by atoms with E-state index < -0.39 is 0 Å². The number of amides is 1. The average molecular weight is 214 g/mol. The molecule has 1 saturated carbocycles. The average Bonchev–Trinajstić information content (AvgIpc) is 3.02. The Kier molecular flexibility index (Phi) is 3.56. The fraction of sp³-hybridized carbons (Fsp3) is 0.900. The molecule has 0 aromatic rings. The lowest BCUT2D eigenvalue weighted by Gasteiger charge is -2.33. The number of carbonyl (C=O) groups excluding carboxylic acids is 1. The Morgan fingerprint density at radius 1 is 1.53 bits per heavy atom. The van der Waals surface area contributed by atoms with E-state index in [1.807, 2.05) is 4.90 Å².